The van der Waals surface area contributed by atoms with Crippen LogP contribution >= 0.6 is 27.3 Å². The highest BCUT2D eigenvalue weighted by Gasteiger charge is 2.25. The van der Waals surface area contributed by atoms with E-state index in [9.17, 15) is 0 Å². The van der Waals surface area contributed by atoms with Crippen molar-refractivity contribution in [1.82, 2.24) is 4.98 Å². The summed E-state index contributed by atoms with van der Waals surface area (Å²) in [5.41, 5.74) is 1.75. The van der Waals surface area contributed by atoms with E-state index in [2.05, 4.69) is 55.9 Å². The van der Waals surface area contributed by atoms with Gasteiger partial charge in [-0.1, -0.05) is 57.0 Å². The molecule has 1 heterocycles. The largest absolute Gasteiger partial charge is 0.246 e. The van der Waals surface area contributed by atoms with Crippen LogP contribution in [0.5, 0.6) is 0 Å². The smallest absolute Gasteiger partial charge is 0.0934 e. The first-order chi connectivity index (χ1) is 7.80. The van der Waals surface area contributed by atoms with E-state index in [1.54, 1.807) is 0 Å². The summed E-state index contributed by atoms with van der Waals surface area (Å²) in [6.07, 6.45) is 3.58. The van der Waals surface area contributed by atoms with Crippen molar-refractivity contribution >= 4 is 27.3 Å². The average molecular weight is 318 g/mol. The first-order valence-electron chi connectivity index (χ1n) is 6.31. The van der Waals surface area contributed by atoms with Crippen molar-refractivity contribution in [3.63, 3.8) is 0 Å². The van der Waals surface area contributed by atoms with E-state index in [4.69, 9.17) is 4.98 Å². The van der Waals surface area contributed by atoms with Gasteiger partial charge in [-0.3, -0.25) is 0 Å². The maximum Gasteiger partial charge on any atom is 0.0934 e. The third-order valence-electron chi connectivity index (χ3n) is 3.07. The molecule has 0 aromatic carbocycles. The molecule has 0 N–H and O–H groups in total. The molecular formula is C14H24BrNS. The van der Waals surface area contributed by atoms with E-state index in [0.717, 1.165) is 11.8 Å². The minimum atomic E-state index is 0.171. The molecule has 3 heteroatoms. The van der Waals surface area contributed by atoms with E-state index in [1.165, 1.54) is 23.5 Å². The summed E-state index contributed by atoms with van der Waals surface area (Å²) >= 11 is 5.47. The van der Waals surface area contributed by atoms with Crippen LogP contribution in [0, 0.1) is 5.41 Å². The molecule has 1 rings (SSSR count). The second-order valence-corrected chi connectivity index (χ2v) is 7.75. The van der Waals surface area contributed by atoms with Crippen molar-refractivity contribution in [2.24, 2.45) is 5.41 Å². The Kier molecular flexibility index (Phi) is 5.21. The SMILES string of the molecule is CCCC(C)(CBr)Cc1nc(C(C)(C)C)cs1. The second-order valence-electron chi connectivity index (χ2n) is 6.25. The number of hydrogen-bond donors (Lipinski definition) is 0. The number of thiazole rings is 1. The van der Waals surface area contributed by atoms with Crippen LogP contribution in [-0.4, -0.2) is 10.3 Å². The van der Waals surface area contributed by atoms with Gasteiger partial charge in [0.05, 0.1) is 10.7 Å². The Morgan fingerprint density at radius 1 is 1.29 bits per heavy atom. The molecule has 0 aliphatic rings. The van der Waals surface area contributed by atoms with Crippen LogP contribution in [-0.2, 0) is 11.8 Å². The summed E-state index contributed by atoms with van der Waals surface area (Å²) < 4.78 is 0. The average Bonchev–Trinajstić information content (AvgIpc) is 2.66. The van der Waals surface area contributed by atoms with Crippen molar-refractivity contribution < 1.29 is 0 Å². The predicted octanol–water partition coefficient (Wildman–Crippen LogP) is 5.18. The van der Waals surface area contributed by atoms with Gasteiger partial charge in [0.2, 0.25) is 0 Å². The molecule has 0 aliphatic carbocycles. The van der Waals surface area contributed by atoms with Gasteiger partial charge >= 0.3 is 0 Å². The normalized spacial score (nSPS) is 15.9. The highest BCUT2D eigenvalue weighted by Crippen LogP contribution is 2.33. The van der Waals surface area contributed by atoms with Gasteiger partial charge in [-0.05, 0) is 11.8 Å². The zero-order valence-electron chi connectivity index (χ0n) is 11.6. The zero-order chi connectivity index (χ0) is 13.1. The molecular weight excluding hydrogens is 294 g/mol. The molecule has 0 saturated carbocycles. The molecule has 0 fully saturated rings. The van der Waals surface area contributed by atoms with E-state index in [0.29, 0.717) is 5.41 Å². The van der Waals surface area contributed by atoms with Crippen molar-refractivity contribution in [2.45, 2.75) is 59.3 Å². The van der Waals surface area contributed by atoms with E-state index in [1.807, 2.05) is 11.3 Å². The van der Waals surface area contributed by atoms with Gasteiger partial charge in [0.25, 0.3) is 0 Å². The van der Waals surface area contributed by atoms with Gasteiger partial charge in [0, 0.05) is 22.5 Å². The summed E-state index contributed by atoms with van der Waals surface area (Å²) in [5, 5.41) is 4.55. The molecule has 1 unspecified atom stereocenters. The third-order valence-corrected chi connectivity index (χ3v) is 5.28. The molecule has 1 aromatic heterocycles. The lowest BCUT2D eigenvalue weighted by molar-refractivity contribution is 0.339. The molecule has 1 nitrogen and oxygen atoms in total. The zero-order valence-corrected chi connectivity index (χ0v) is 14.0. The van der Waals surface area contributed by atoms with Crippen LogP contribution < -0.4 is 0 Å². The second kappa shape index (κ2) is 5.83. The van der Waals surface area contributed by atoms with Crippen LogP contribution in [0.4, 0.5) is 0 Å². The summed E-state index contributed by atoms with van der Waals surface area (Å²) in [7, 11) is 0. The lowest BCUT2D eigenvalue weighted by Crippen LogP contribution is -2.21. The fourth-order valence-electron chi connectivity index (χ4n) is 1.91. The van der Waals surface area contributed by atoms with Crippen LogP contribution in [0.25, 0.3) is 0 Å². The Bertz CT molecular complexity index is 353. The Labute approximate surface area is 118 Å². The Morgan fingerprint density at radius 3 is 2.35 bits per heavy atom. The van der Waals surface area contributed by atoms with Crippen molar-refractivity contribution in [3.8, 4) is 0 Å². The molecule has 0 aliphatic heterocycles. The van der Waals surface area contributed by atoms with Crippen molar-refractivity contribution in [2.75, 3.05) is 5.33 Å². The molecule has 0 amide bonds. The van der Waals surface area contributed by atoms with Gasteiger partial charge in [0.1, 0.15) is 0 Å². The quantitative estimate of drug-likeness (QED) is 0.681. The Hall–Kier alpha value is 0.110. The molecule has 0 bridgehead atoms. The Morgan fingerprint density at radius 2 is 1.94 bits per heavy atom. The highest BCUT2D eigenvalue weighted by atomic mass is 79.9. The lowest BCUT2D eigenvalue weighted by Gasteiger charge is -2.25. The van der Waals surface area contributed by atoms with Crippen molar-refractivity contribution in [1.29, 1.82) is 0 Å². The number of aromatic nitrogens is 1. The fraction of sp³-hybridized carbons (Fsp3) is 0.786. The van der Waals surface area contributed by atoms with Crippen molar-refractivity contribution in [3.05, 3.63) is 16.1 Å². The van der Waals surface area contributed by atoms with Crippen LogP contribution in [0.3, 0.4) is 0 Å². The summed E-state index contributed by atoms with van der Waals surface area (Å²) in [6, 6.07) is 0. The predicted molar refractivity (Wildman–Crippen MR) is 81.3 cm³/mol. The molecule has 0 saturated heterocycles. The number of nitrogens with zero attached hydrogens (tertiary/aromatic N) is 1. The van der Waals surface area contributed by atoms with Gasteiger partial charge in [-0.15, -0.1) is 11.3 Å². The number of hydrogen-bond acceptors (Lipinski definition) is 2. The fourth-order valence-corrected chi connectivity index (χ4v) is 3.62. The maximum absolute atomic E-state index is 4.79. The van der Waals surface area contributed by atoms with Gasteiger partial charge in [-0.25, -0.2) is 4.98 Å². The van der Waals surface area contributed by atoms with Crippen LogP contribution in [0.1, 0.15) is 58.2 Å². The standard InChI is InChI=1S/C14H24BrNS/c1-6-7-14(5,10-15)8-12-16-11(9-17-12)13(2,3)4/h9H,6-8,10H2,1-5H3. The highest BCUT2D eigenvalue weighted by molar-refractivity contribution is 9.09. The minimum Gasteiger partial charge on any atom is -0.246 e. The molecule has 1 atom stereocenters. The number of halogens is 1. The maximum atomic E-state index is 4.79. The lowest BCUT2D eigenvalue weighted by atomic mass is 9.85. The molecule has 98 valence electrons. The molecule has 0 spiro atoms. The molecule has 0 radical (unpaired) electrons. The molecule has 1 aromatic rings. The Balaban J connectivity index is 2.78. The minimum absolute atomic E-state index is 0.171. The topological polar surface area (TPSA) is 12.9 Å². The third kappa shape index (κ3) is 4.36. The van der Waals surface area contributed by atoms with Gasteiger partial charge in [-0.2, -0.15) is 0 Å². The first-order valence-corrected chi connectivity index (χ1v) is 8.32. The van der Waals surface area contributed by atoms with Crippen LogP contribution in [0.15, 0.2) is 5.38 Å². The molecule has 17 heavy (non-hydrogen) atoms. The monoisotopic (exact) mass is 317 g/mol. The van der Waals surface area contributed by atoms with Crippen LogP contribution in [0.2, 0.25) is 0 Å². The van der Waals surface area contributed by atoms with E-state index < -0.39 is 0 Å². The number of alkyl halides is 1. The van der Waals surface area contributed by atoms with Gasteiger partial charge < -0.3 is 0 Å². The van der Waals surface area contributed by atoms with Gasteiger partial charge in [0.15, 0.2) is 0 Å². The number of rotatable bonds is 5. The first kappa shape index (κ1) is 15.2. The van der Waals surface area contributed by atoms with E-state index in [-0.39, 0.29) is 5.41 Å². The summed E-state index contributed by atoms with van der Waals surface area (Å²) in [5.74, 6) is 0. The summed E-state index contributed by atoms with van der Waals surface area (Å²) in [4.78, 5) is 4.79. The van der Waals surface area contributed by atoms with E-state index >= 15 is 0 Å². The summed E-state index contributed by atoms with van der Waals surface area (Å²) in [6.45, 7) is 11.3.